The van der Waals surface area contributed by atoms with E-state index < -0.39 is 10.0 Å². The fourth-order valence-electron chi connectivity index (χ4n) is 5.04. The van der Waals surface area contributed by atoms with Gasteiger partial charge < -0.3 is 14.4 Å². The number of fused-ring (bicyclic) bond motifs is 5. The van der Waals surface area contributed by atoms with Gasteiger partial charge >= 0.3 is 0 Å². The Balaban J connectivity index is 1.61. The Morgan fingerprint density at radius 1 is 1.14 bits per heavy atom. The molecular weight excluding hydrogens is 388 g/mol. The number of para-hydroxylation sites is 1. The first-order valence-electron chi connectivity index (χ1n) is 10.7. The molecule has 1 aliphatic carbocycles. The maximum Gasteiger partial charge on any atom is 0.209 e. The topological polar surface area (TPSA) is 67.9 Å². The first kappa shape index (κ1) is 20.7. The van der Waals surface area contributed by atoms with Crippen LogP contribution in [0, 0.1) is 0 Å². The van der Waals surface area contributed by atoms with Crippen molar-refractivity contribution in [1.82, 2.24) is 9.62 Å². The Kier molecular flexibility index (Phi) is 6.18. The van der Waals surface area contributed by atoms with Crippen molar-refractivity contribution in [2.45, 2.75) is 62.6 Å². The standard InChI is InChI=1S/C22H32N2O4S/c1-16-14-28-22-8-4-3-6-19(22)17-9-11-18(12-10-17)27-15-21-20(23-29(2,25)26)7-5-13-24(16)21/h3-4,6,8,17-18,20-21,23H,1,5,7,9-15H2,2H3/t17?,18?,20-,21-/m0/s1. The number of benzene rings is 1. The largest absolute Gasteiger partial charge is 0.487 e. The molecule has 7 heteroatoms. The van der Waals surface area contributed by atoms with E-state index in [1.807, 2.05) is 12.1 Å². The van der Waals surface area contributed by atoms with Crippen molar-refractivity contribution in [2.75, 3.05) is 26.0 Å². The number of nitrogens with one attached hydrogen (secondary N) is 1. The molecule has 1 aromatic rings. The van der Waals surface area contributed by atoms with Gasteiger partial charge in [-0.15, -0.1) is 0 Å². The van der Waals surface area contributed by atoms with Crippen LogP contribution < -0.4 is 9.46 Å². The van der Waals surface area contributed by atoms with Crippen LogP contribution in [0.15, 0.2) is 36.5 Å². The zero-order valence-electron chi connectivity index (χ0n) is 17.2. The van der Waals surface area contributed by atoms with Crippen molar-refractivity contribution in [3.05, 3.63) is 42.1 Å². The minimum atomic E-state index is -3.29. The average Bonchev–Trinajstić information content (AvgIpc) is 2.71. The summed E-state index contributed by atoms with van der Waals surface area (Å²) in [5.74, 6) is 1.44. The third-order valence-corrected chi connectivity index (χ3v) is 7.21. The van der Waals surface area contributed by atoms with Crippen LogP contribution in [0.4, 0.5) is 0 Å². The minimum absolute atomic E-state index is 0.0664. The van der Waals surface area contributed by atoms with Crippen molar-refractivity contribution < 1.29 is 17.9 Å². The lowest BCUT2D eigenvalue weighted by atomic mass is 9.82. The molecule has 2 atom stereocenters. The second-order valence-corrected chi connectivity index (χ2v) is 10.4. The average molecular weight is 421 g/mol. The molecule has 0 amide bonds. The molecule has 4 aliphatic rings. The third kappa shape index (κ3) is 4.95. The van der Waals surface area contributed by atoms with Crippen LogP contribution in [0.1, 0.15) is 50.0 Å². The maximum absolute atomic E-state index is 11.9. The lowest BCUT2D eigenvalue weighted by Gasteiger charge is -2.43. The van der Waals surface area contributed by atoms with Crippen molar-refractivity contribution in [2.24, 2.45) is 0 Å². The summed E-state index contributed by atoms with van der Waals surface area (Å²) in [7, 11) is -3.29. The molecule has 3 heterocycles. The van der Waals surface area contributed by atoms with E-state index in [-0.39, 0.29) is 18.2 Å². The molecule has 2 bridgehead atoms. The fourth-order valence-corrected chi connectivity index (χ4v) is 5.86. The fraction of sp³-hybridized carbons (Fsp3) is 0.636. The molecule has 1 N–H and O–H groups in total. The summed E-state index contributed by atoms with van der Waals surface area (Å²) in [6.07, 6.45) is 7.40. The van der Waals surface area contributed by atoms with Gasteiger partial charge in [0.15, 0.2) is 0 Å². The molecule has 5 rings (SSSR count). The van der Waals surface area contributed by atoms with Crippen molar-refractivity contribution in [3.63, 3.8) is 0 Å². The van der Waals surface area contributed by atoms with Crippen molar-refractivity contribution in [1.29, 1.82) is 0 Å². The smallest absolute Gasteiger partial charge is 0.209 e. The Labute approximate surface area is 174 Å². The van der Waals surface area contributed by atoms with E-state index in [4.69, 9.17) is 9.47 Å². The van der Waals surface area contributed by atoms with E-state index in [1.165, 1.54) is 11.8 Å². The highest BCUT2D eigenvalue weighted by molar-refractivity contribution is 7.88. The second-order valence-electron chi connectivity index (χ2n) is 8.60. The summed E-state index contributed by atoms with van der Waals surface area (Å²) in [5, 5.41) is 0. The summed E-state index contributed by atoms with van der Waals surface area (Å²) in [5.41, 5.74) is 2.16. The Morgan fingerprint density at radius 2 is 1.90 bits per heavy atom. The quantitative estimate of drug-likeness (QED) is 0.797. The summed E-state index contributed by atoms with van der Waals surface area (Å²) in [6.45, 7) is 6.02. The van der Waals surface area contributed by atoms with E-state index in [1.54, 1.807) is 0 Å². The number of hydrogen-bond acceptors (Lipinski definition) is 5. The Bertz CT molecular complexity index is 833. The zero-order valence-corrected chi connectivity index (χ0v) is 18.0. The molecule has 6 nitrogen and oxygen atoms in total. The first-order chi connectivity index (χ1) is 13.9. The molecule has 0 aromatic heterocycles. The normalized spacial score (nSPS) is 30.9. The molecule has 3 aliphatic heterocycles. The molecule has 1 saturated heterocycles. The number of piperidine rings is 1. The lowest BCUT2D eigenvalue weighted by molar-refractivity contribution is -0.0199. The molecule has 0 unspecified atom stereocenters. The number of rotatable bonds is 2. The van der Waals surface area contributed by atoms with Gasteiger partial charge in [-0.25, -0.2) is 13.1 Å². The van der Waals surface area contributed by atoms with Gasteiger partial charge in [0.25, 0.3) is 0 Å². The maximum atomic E-state index is 11.9. The van der Waals surface area contributed by atoms with Gasteiger partial charge in [0.05, 0.1) is 25.0 Å². The zero-order chi connectivity index (χ0) is 20.4. The van der Waals surface area contributed by atoms with Gasteiger partial charge in [-0.3, -0.25) is 0 Å². The number of nitrogens with zero attached hydrogens (tertiary/aromatic N) is 1. The van der Waals surface area contributed by atoms with Crippen LogP contribution in [0.5, 0.6) is 5.75 Å². The summed E-state index contributed by atoms with van der Waals surface area (Å²) in [4.78, 5) is 2.19. The number of ether oxygens (including phenoxy) is 2. The van der Waals surface area contributed by atoms with Crippen LogP contribution in [0.3, 0.4) is 0 Å². The minimum Gasteiger partial charge on any atom is -0.487 e. The van der Waals surface area contributed by atoms with Crippen molar-refractivity contribution >= 4 is 10.0 Å². The highest BCUT2D eigenvalue weighted by atomic mass is 32.2. The summed E-state index contributed by atoms with van der Waals surface area (Å²) >= 11 is 0. The molecular formula is C22H32N2O4S. The van der Waals surface area contributed by atoms with E-state index in [9.17, 15) is 8.42 Å². The Hall–Kier alpha value is -1.57. The molecule has 160 valence electrons. The summed E-state index contributed by atoms with van der Waals surface area (Å²) < 4.78 is 39.2. The SMILES string of the molecule is C=C1COc2ccccc2C2CCC(CC2)OC[C@H]2[C@@H](NS(C)(=O)=O)CCCN12. The van der Waals surface area contributed by atoms with Gasteiger partial charge in [-0.1, -0.05) is 24.8 Å². The predicted octanol–water partition coefficient (Wildman–Crippen LogP) is 3.02. The molecule has 1 aromatic carbocycles. The van der Waals surface area contributed by atoms with Gasteiger partial charge in [0.2, 0.25) is 10.0 Å². The van der Waals surface area contributed by atoms with Crippen LogP contribution in [0.2, 0.25) is 0 Å². The highest BCUT2D eigenvalue weighted by Crippen LogP contribution is 2.39. The van der Waals surface area contributed by atoms with E-state index in [0.29, 0.717) is 19.1 Å². The lowest BCUT2D eigenvalue weighted by Crippen LogP contribution is -2.57. The van der Waals surface area contributed by atoms with Gasteiger partial charge in [-0.05, 0) is 56.1 Å². The molecule has 0 radical (unpaired) electrons. The highest BCUT2D eigenvalue weighted by Gasteiger charge is 2.36. The third-order valence-electron chi connectivity index (χ3n) is 6.48. The predicted molar refractivity (Wildman–Crippen MR) is 114 cm³/mol. The van der Waals surface area contributed by atoms with Crippen LogP contribution in [-0.4, -0.2) is 57.5 Å². The summed E-state index contributed by atoms with van der Waals surface area (Å²) in [6, 6.07) is 8.09. The van der Waals surface area contributed by atoms with Crippen LogP contribution >= 0.6 is 0 Å². The second kappa shape index (κ2) is 8.66. The van der Waals surface area contributed by atoms with Gasteiger partial charge in [0.1, 0.15) is 12.4 Å². The molecule has 0 spiro atoms. The Morgan fingerprint density at radius 3 is 2.66 bits per heavy atom. The van der Waals surface area contributed by atoms with Crippen LogP contribution in [0.25, 0.3) is 0 Å². The first-order valence-corrected chi connectivity index (χ1v) is 12.5. The number of sulfonamides is 1. The van der Waals surface area contributed by atoms with Crippen LogP contribution in [-0.2, 0) is 14.8 Å². The monoisotopic (exact) mass is 420 g/mol. The molecule has 1 saturated carbocycles. The molecule has 29 heavy (non-hydrogen) atoms. The number of hydrogen-bond donors (Lipinski definition) is 1. The molecule has 2 fully saturated rings. The van der Waals surface area contributed by atoms with E-state index >= 15 is 0 Å². The van der Waals surface area contributed by atoms with Crippen molar-refractivity contribution in [3.8, 4) is 5.75 Å². The van der Waals surface area contributed by atoms with E-state index in [2.05, 4.69) is 28.3 Å². The van der Waals surface area contributed by atoms with Gasteiger partial charge in [0, 0.05) is 18.3 Å². The van der Waals surface area contributed by atoms with E-state index in [0.717, 1.165) is 56.5 Å². The van der Waals surface area contributed by atoms with Gasteiger partial charge in [-0.2, -0.15) is 0 Å².